The summed E-state index contributed by atoms with van der Waals surface area (Å²) in [5, 5.41) is 11.0. The molecule has 0 heterocycles. The van der Waals surface area contributed by atoms with Gasteiger partial charge >= 0.3 is 0 Å². The molecule has 0 aliphatic heterocycles. The SMILES string of the molecule is Cc1cccc(OCCC(O)c2ccc(Cl)c(Cl)c2)c1. The Bertz CT molecular complexity index is 584. The van der Waals surface area contributed by atoms with E-state index in [0.29, 0.717) is 23.1 Å². The highest BCUT2D eigenvalue weighted by atomic mass is 35.5. The fourth-order valence-corrected chi connectivity index (χ4v) is 2.19. The van der Waals surface area contributed by atoms with Crippen molar-refractivity contribution >= 4 is 23.2 Å². The maximum absolute atomic E-state index is 10.1. The summed E-state index contributed by atoms with van der Waals surface area (Å²) in [6.07, 6.45) is -0.124. The first kappa shape index (κ1) is 15.2. The lowest BCUT2D eigenvalue weighted by Gasteiger charge is -2.13. The van der Waals surface area contributed by atoms with Gasteiger partial charge in [0.25, 0.3) is 0 Å². The summed E-state index contributed by atoms with van der Waals surface area (Å²) in [5.41, 5.74) is 1.89. The number of benzene rings is 2. The minimum atomic E-state index is -0.616. The summed E-state index contributed by atoms with van der Waals surface area (Å²) in [6, 6.07) is 13.0. The Balaban J connectivity index is 1.88. The van der Waals surface area contributed by atoms with E-state index in [0.717, 1.165) is 16.9 Å². The fraction of sp³-hybridized carbons (Fsp3) is 0.250. The van der Waals surface area contributed by atoms with Crippen LogP contribution in [-0.4, -0.2) is 11.7 Å². The van der Waals surface area contributed by atoms with E-state index in [1.807, 2.05) is 31.2 Å². The monoisotopic (exact) mass is 310 g/mol. The molecule has 2 rings (SSSR count). The highest BCUT2D eigenvalue weighted by molar-refractivity contribution is 6.42. The highest BCUT2D eigenvalue weighted by Gasteiger charge is 2.09. The summed E-state index contributed by atoms with van der Waals surface area (Å²) in [4.78, 5) is 0. The molecule has 0 radical (unpaired) electrons. The molecule has 0 aliphatic carbocycles. The number of aryl methyl sites for hydroxylation is 1. The van der Waals surface area contributed by atoms with Gasteiger partial charge in [-0.2, -0.15) is 0 Å². The molecule has 1 N–H and O–H groups in total. The molecule has 0 aliphatic rings. The topological polar surface area (TPSA) is 29.5 Å². The van der Waals surface area contributed by atoms with Crippen LogP contribution in [0.5, 0.6) is 5.75 Å². The Hall–Kier alpha value is -1.22. The Kier molecular flexibility index (Phi) is 5.30. The van der Waals surface area contributed by atoms with Gasteiger partial charge in [-0.05, 0) is 42.3 Å². The van der Waals surface area contributed by atoms with Crippen LogP contribution < -0.4 is 4.74 Å². The Morgan fingerprint density at radius 1 is 1.10 bits per heavy atom. The van der Waals surface area contributed by atoms with Gasteiger partial charge in [-0.1, -0.05) is 41.4 Å². The first-order valence-electron chi connectivity index (χ1n) is 6.39. The van der Waals surface area contributed by atoms with Crippen molar-refractivity contribution in [3.8, 4) is 5.75 Å². The second-order valence-corrected chi connectivity index (χ2v) is 5.46. The van der Waals surface area contributed by atoms with E-state index in [2.05, 4.69) is 0 Å². The molecule has 106 valence electrons. The second-order valence-electron chi connectivity index (χ2n) is 4.64. The molecule has 1 atom stereocenters. The molecule has 0 amide bonds. The molecule has 2 aromatic carbocycles. The van der Waals surface area contributed by atoms with Crippen molar-refractivity contribution in [2.24, 2.45) is 0 Å². The van der Waals surface area contributed by atoms with E-state index in [4.69, 9.17) is 27.9 Å². The van der Waals surface area contributed by atoms with Crippen LogP contribution in [0.4, 0.5) is 0 Å². The molecule has 0 saturated heterocycles. The van der Waals surface area contributed by atoms with Gasteiger partial charge in [0, 0.05) is 6.42 Å². The van der Waals surface area contributed by atoms with Gasteiger partial charge < -0.3 is 9.84 Å². The maximum atomic E-state index is 10.1. The van der Waals surface area contributed by atoms with E-state index >= 15 is 0 Å². The summed E-state index contributed by atoms with van der Waals surface area (Å²) < 4.78 is 5.61. The van der Waals surface area contributed by atoms with Crippen LogP contribution in [-0.2, 0) is 0 Å². The third kappa shape index (κ3) is 4.14. The molecule has 2 aromatic rings. The van der Waals surface area contributed by atoms with Crippen molar-refractivity contribution < 1.29 is 9.84 Å². The normalized spacial score (nSPS) is 12.2. The number of ether oxygens (including phenoxy) is 1. The Labute approximate surface area is 128 Å². The molecule has 0 spiro atoms. The molecular formula is C16H16Cl2O2. The van der Waals surface area contributed by atoms with Gasteiger partial charge in [-0.3, -0.25) is 0 Å². The smallest absolute Gasteiger partial charge is 0.119 e. The Morgan fingerprint density at radius 2 is 1.90 bits per heavy atom. The first-order chi connectivity index (χ1) is 9.56. The summed E-state index contributed by atoms with van der Waals surface area (Å²) in [7, 11) is 0. The van der Waals surface area contributed by atoms with Crippen molar-refractivity contribution in [3.05, 3.63) is 63.6 Å². The largest absolute Gasteiger partial charge is 0.493 e. The van der Waals surface area contributed by atoms with Crippen LogP contribution in [0.2, 0.25) is 10.0 Å². The number of halogens is 2. The van der Waals surface area contributed by atoms with Gasteiger partial charge in [-0.25, -0.2) is 0 Å². The minimum absolute atomic E-state index is 0.435. The van der Waals surface area contributed by atoms with Crippen LogP contribution in [0.1, 0.15) is 23.7 Å². The zero-order valence-electron chi connectivity index (χ0n) is 11.1. The molecule has 2 nitrogen and oxygen atoms in total. The van der Waals surface area contributed by atoms with Crippen molar-refractivity contribution in [2.75, 3.05) is 6.61 Å². The lowest BCUT2D eigenvalue weighted by atomic mass is 10.1. The number of rotatable bonds is 5. The number of hydrogen-bond donors (Lipinski definition) is 1. The minimum Gasteiger partial charge on any atom is -0.493 e. The summed E-state index contributed by atoms with van der Waals surface area (Å²) >= 11 is 11.8. The quantitative estimate of drug-likeness (QED) is 0.859. The van der Waals surface area contributed by atoms with Crippen LogP contribution in [0.3, 0.4) is 0 Å². The molecule has 0 saturated carbocycles. The van der Waals surface area contributed by atoms with Crippen LogP contribution in [0.25, 0.3) is 0 Å². The van der Waals surface area contributed by atoms with Crippen molar-refractivity contribution in [1.82, 2.24) is 0 Å². The van der Waals surface area contributed by atoms with E-state index < -0.39 is 6.10 Å². The predicted octanol–water partition coefficient (Wildman–Crippen LogP) is 4.80. The number of hydrogen-bond acceptors (Lipinski definition) is 2. The summed E-state index contributed by atoms with van der Waals surface area (Å²) in [5.74, 6) is 0.811. The lowest BCUT2D eigenvalue weighted by molar-refractivity contribution is 0.141. The van der Waals surface area contributed by atoms with Crippen molar-refractivity contribution in [1.29, 1.82) is 0 Å². The fourth-order valence-electron chi connectivity index (χ4n) is 1.88. The van der Waals surface area contributed by atoms with Crippen LogP contribution in [0.15, 0.2) is 42.5 Å². The second kappa shape index (κ2) is 6.98. The van der Waals surface area contributed by atoms with E-state index in [1.54, 1.807) is 18.2 Å². The molecule has 1 unspecified atom stereocenters. The average molecular weight is 311 g/mol. The van der Waals surface area contributed by atoms with Crippen LogP contribution in [0, 0.1) is 6.92 Å². The molecular weight excluding hydrogens is 295 g/mol. The number of aliphatic hydroxyl groups excluding tert-OH is 1. The third-order valence-electron chi connectivity index (χ3n) is 2.98. The third-order valence-corrected chi connectivity index (χ3v) is 3.72. The predicted molar refractivity (Wildman–Crippen MR) is 82.7 cm³/mol. The van der Waals surface area contributed by atoms with Crippen molar-refractivity contribution in [3.63, 3.8) is 0 Å². The summed E-state index contributed by atoms with van der Waals surface area (Å²) in [6.45, 7) is 2.45. The average Bonchev–Trinajstić information content (AvgIpc) is 2.42. The first-order valence-corrected chi connectivity index (χ1v) is 7.14. The molecule has 0 aromatic heterocycles. The lowest BCUT2D eigenvalue weighted by Crippen LogP contribution is -2.05. The van der Waals surface area contributed by atoms with Crippen molar-refractivity contribution in [2.45, 2.75) is 19.4 Å². The Morgan fingerprint density at radius 3 is 2.60 bits per heavy atom. The van der Waals surface area contributed by atoms with Gasteiger partial charge in [0.1, 0.15) is 5.75 Å². The molecule has 0 fully saturated rings. The number of aliphatic hydroxyl groups is 1. The zero-order valence-corrected chi connectivity index (χ0v) is 12.7. The van der Waals surface area contributed by atoms with E-state index in [-0.39, 0.29) is 0 Å². The molecule has 4 heteroatoms. The molecule has 20 heavy (non-hydrogen) atoms. The van der Waals surface area contributed by atoms with Gasteiger partial charge in [-0.15, -0.1) is 0 Å². The standard InChI is InChI=1S/C16H16Cl2O2/c1-11-3-2-4-13(9-11)20-8-7-16(19)12-5-6-14(17)15(18)10-12/h2-6,9-10,16,19H,7-8H2,1H3. The van der Waals surface area contributed by atoms with E-state index in [1.165, 1.54) is 0 Å². The molecule has 0 bridgehead atoms. The van der Waals surface area contributed by atoms with Gasteiger partial charge in [0.05, 0.1) is 22.8 Å². The van der Waals surface area contributed by atoms with Gasteiger partial charge in [0.15, 0.2) is 0 Å². The maximum Gasteiger partial charge on any atom is 0.119 e. The van der Waals surface area contributed by atoms with Crippen LogP contribution >= 0.6 is 23.2 Å². The zero-order chi connectivity index (χ0) is 14.5. The van der Waals surface area contributed by atoms with Gasteiger partial charge in [0.2, 0.25) is 0 Å². The highest BCUT2D eigenvalue weighted by Crippen LogP contribution is 2.27. The van der Waals surface area contributed by atoms with E-state index in [9.17, 15) is 5.11 Å².